The molecule has 0 radical (unpaired) electrons. The van der Waals surface area contributed by atoms with Crippen LogP contribution < -0.4 is 5.32 Å². The van der Waals surface area contributed by atoms with Crippen molar-refractivity contribution < 1.29 is 27.5 Å². The van der Waals surface area contributed by atoms with Crippen LogP contribution >= 0.6 is 0 Å². The van der Waals surface area contributed by atoms with Crippen LogP contribution in [0.15, 0.2) is 12.1 Å². The van der Waals surface area contributed by atoms with Crippen LogP contribution in [0.4, 0.5) is 13.2 Å². The number of piperidine rings is 1. The maximum Gasteiger partial charge on any atom is 0.256 e. The minimum absolute atomic E-state index is 0.113. The van der Waals surface area contributed by atoms with Gasteiger partial charge in [-0.25, -0.2) is 13.2 Å². The van der Waals surface area contributed by atoms with Crippen LogP contribution in [-0.4, -0.2) is 50.1 Å². The van der Waals surface area contributed by atoms with E-state index >= 15 is 0 Å². The Morgan fingerprint density at radius 1 is 1.21 bits per heavy atom. The SMILES string of the molecule is COCCNC(=O)C1CCN(C(=O)c2ccc(F)c(F)c2F)CC1. The molecule has 1 aromatic carbocycles. The van der Waals surface area contributed by atoms with E-state index in [1.165, 1.54) is 12.0 Å². The molecular formula is C16H19F3N2O3. The van der Waals surface area contributed by atoms with Gasteiger partial charge in [0.15, 0.2) is 17.5 Å². The summed E-state index contributed by atoms with van der Waals surface area (Å²) in [7, 11) is 1.54. The van der Waals surface area contributed by atoms with E-state index in [0.29, 0.717) is 26.0 Å². The van der Waals surface area contributed by atoms with Gasteiger partial charge < -0.3 is 15.0 Å². The average Bonchev–Trinajstić information content (AvgIpc) is 2.59. The first kappa shape index (κ1) is 18.3. The first-order valence-electron chi connectivity index (χ1n) is 7.65. The van der Waals surface area contributed by atoms with Crippen LogP contribution in [0, 0.1) is 23.4 Å². The van der Waals surface area contributed by atoms with Crippen molar-refractivity contribution in [1.82, 2.24) is 10.2 Å². The lowest BCUT2D eigenvalue weighted by Crippen LogP contribution is -2.43. The summed E-state index contributed by atoms with van der Waals surface area (Å²) in [5.74, 6) is -5.54. The molecule has 0 unspecified atom stereocenters. The largest absolute Gasteiger partial charge is 0.383 e. The molecule has 1 aliphatic heterocycles. The molecule has 1 aromatic rings. The third-order valence-corrected chi connectivity index (χ3v) is 4.02. The van der Waals surface area contributed by atoms with Gasteiger partial charge in [-0.2, -0.15) is 0 Å². The van der Waals surface area contributed by atoms with Crippen LogP contribution in [0.25, 0.3) is 0 Å². The quantitative estimate of drug-likeness (QED) is 0.654. The molecule has 8 heteroatoms. The number of hydrogen-bond acceptors (Lipinski definition) is 3. The van der Waals surface area contributed by atoms with E-state index in [4.69, 9.17) is 4.74 Å². The van der Waals surface area contributed by atoms with Crippen LogP contribution in [0.3, 0.4) is 0 Å². The number of ether oxygens (including phenoxy) is 1. The number of benzene rings is 1. The molecule has 0 atom stereocenters. The molecule has 0 saturated carbocycles. The van der Waals surface area contributed by atoms with E-state index < -0.39 is 28.9 Å². The summed E-state index contributed by atoms with van der Waals surface area (Å²) in [4.78, 5) is 25.5. The van der Waals surface area contributed by atoms with Gasteiger partial charge in [-0.1, -0.05) is 0 Å². The van der Waals surface area contributed by atoms with Crippen molar-refractivity contribution in [2.75, 3.05) is 33.4 Å². The Hall–Kier alpha value is -2.09. The smallest absolute Gasteiger partial charge is 0.256 e. The van der Waals surface area contributed by atoms with Crippen molar-refractivity contribution in [3.8, 4) is 0 Å². The van der Waals surface area contributed by atoms with Gasteiger partial charge in [0.25, 0.3) is 5.91 Å². The number of likely N-dealkylation sites (tertiary alicyclic amines) is 1. The van der Waals surface area contributed by atoms with Crippen molar-refractivity contribution >= 4 is 11.8 Å². The molecule has 0 spiro atoms. The normalized spacial score (nSPS) is 15.4. The van der Waals surface area contributed by atoms with Crippen LogP contribution in [0.1, 0.15) is 23.2 Å². The third-order valence-electron chi connectivity index (χ3n) is 4.02. The average molecular weight is 344 g/mol. The maximum absolute atomic E-state index is 13.7. The summed E-state index contributed by atoms with van der Waals surface area (Å²) in [6.45, 7) is 1.33. The standard InChI is InChI=1S/C16H19F3N2O3/c1-24-9-6-20-15(22)10-4-7-21(8-5-10)16(23)11-2-3-12(17)14(19)13(11)18/h2-3,10H,4-9H2,1H3,(H,20,22). The zero-order valence-corrected chi connectivity index (χ0v) is 13.3. The first-order valence-corrected chi connectivity index (χ1v) is 7.65. The summed E-state index contributed by atoms with van der Waals surface area (Å²) in [5, 5.41) is 2.73. The zero-order chi connectivity index (χ0) is 17.7. The van der Waals surface area contributed by atoms with E-state index in [1.54, 1.807) is 0 Å². The molecule has 1 saturated heterocycles. The fourth-order valence-electron chi connectivity index (χ4n) is 2.63. The summed E-state index contributed by atoms with van der Waals surface area (Å²) in [6, 6.07) is 1.65. The van der Waals surface area contributed by atoms with E-state index in [0.717, 1.165) is 12.1 Å². The summed E-state index contributed by atoms with van der Waals surface area (Å²) >= 11 is 0. The van der Waals surface area contributed by atoms with Crippen molar-refractivity contribution in [3.63, 3.8) is 0 Å². The van der Waals surface area contributed by atoms with Crippen LogP contribution in [-0.2, 0) is 9.53 Å². The lowest BCUT2D eigenvalue weighted by atomic mass is 9.95. The predicted octanol–water partition coefficient (Wildman–Crippen LogP) is 1.72. The number of nitrogens with one attached hydrogen (secondary N) is 1. The number of nitrogens with zero attached hydrogens (tertiary/aromatic N) is 1. The van der Waals surface area contributed by atoms with Crippen molar-refractivity contribution in [1.29, 1.82) is 0 Å². The van der Waals surface area contributed by atoms with Gasteiger partial charge in [0.05, 0.1) is 12.2 Å². The van der Waals surface area contributed by atoms with E-state index in [2.05, 4.69) is 5.32 Å². The fraction of sp³-hybridized carbons (Fsp3) is 0.500. The fourth-order valence-corrected chi connectivity index (χ4v) is 2.63. The highest BCUT2D eigenvalue weighted by Crippen LogP contribution is 2.22. The van der Waals surface area contributed by atoms with Gasteiger partial charge in [0, 0.05) is 32.7 Å². The lowest BCUT2D eigenvalue weighted by molar-refractivity contribution is -0.126. The maximum atomic E-state index is 13.7. The van der Waals surface area contributed by atoms with Crippen LogP contribution in [0.2, 0.25) is 0 Å². The van der Waals surface area contributed by atoms with Crippen molar-refractivity contribution in [2.24, 2.45) is 5.92 Å². The van der Waals surface area contributed by atoms with E-state index in [1.807, 2.05) is 0 Å². The van der Waals surface area contributed by atoms with Gasteiger partial charge in [-0.15, -0.1) is 0 Å². The second-order valence-electron chi connectivity index (χ2n) is 5.57. The summed E-state index contributed by atoms with van der Waals surface area (Å²) < 4.78 is 44.7. The Morgan fingerprint density at radius 3 is 2.50 bits per heavy atom. The second kappa shape index (κ2) is 8.14. The highest BCUT2D eigenvalue weighted by molar-refractivity contribution is 5.94. The Bertz CT molecular complexity index is 617. The van der Waals surface area contributed by atoms with Crippen molar-refractivity contribution in [3.05, 3.63) is 35.1 Å². The van der Waals surface area contributed by atoms with Gasteiger partial charge in [0.2, 0.25) is 5.91 Å². The summed E-state index contributed by atoms with van der Waals surface area (Å²) in [6.07, 6.45) is 0.853. The molecule has 2 amide bonds. The Balaban J connectivity index is 1.94. The highest BCUT2D eigenvalue weighted by atomic mass is 19.2. The van der Waals surface area contributed by atoms with E-state index in [9.17, 15) is 22.8 Å². The number of hydrogen-bond donors (Lipinski definition) is 1. The third kappa shape index (κ3) is 4.05. The van der Waals surface area contributed by atoms with Gasteiger partial charge >= 0.3 is 0 Å². The highest BCUT2D eigenvalue weighted by Gasteiger charge is 2.29. The molecule has 1 aliphatic rings. The molecule has 1 fully saturated rings. The monoisotopic (exact) mass is 344 g/mol. The lowest BCUT2D eigenvalue weighted by Gasteiger charge is -2.31. The van der Waals surface area contributed by atoms with Gasteiger partial charge in [-0.05, 0) is 25.0 Å². The second-order valence-corrected chi connectivity index (χ2v) is 5.57. The van der Waals surface area contributed by atoms with Gasteiger partial charge in [-0.3, -0.25) is 9.59 Å². The number of carbonyl (C=O) groups excluding carboxylic acids is 2. The molecule has 1 heterocycles. The molecular weight excluding hydrogens is 325 g/mol. The zero-order valence-electron chi connectivity index (χ0n) is 13.3. The molecule has 24 heavy (non-hydrogen) atoms. The number of rotatable bonds is 5. The number of halogens is 3. The molecule has 2 rings (SSSR count). The van der Waals surface area contributed by atoms with E-state index in [-0.39, 0.29) is 24.9 Å². The molecule has 0 aliphatic carbocycles. The molecule has 5 nitrogen and oxygen atoms in total. The van der Waals surface area contributed by atoms with Gasteiger partial charge in [0.1, 0.15) is 0 Å². The molecule has 0 bridgehead atoms. The molecule has 132 valence electrons. The Labute approximate surface area is 137 Å². The predicted molar refractivity (Wildman–Crippen MR) is 79.8 cm³/mol. The number of carbonyl (C=O) groups is 2. The van der Waals surface area contributed by atoms with Crippen LogP contribution in [0.5, 0.6) is 0 Å². The first-order chi connectivity index (χ1) is 11.5. The molecule has 1 N–H and O–H groups in total. The topological polar surface area (TPSA) is 58.6 Å². The molecule has 0 aromatic heterocycles. The minimum atomic E-state index is -1.66. The summed E-state index contributed by atoms with van der Waals surface area (Å²) in [5.41, 5.74) is -0.503. The Morgan fingerprint density at radius 2 is 1.88 bits per heavy atom. The van der Waals surface area contributed by atoms with Crippen molar-refractivity contribution in [2.45, 2.75) is 12.8 Å². The number of methoxy groups -OCH3 is 1. The Kier molecular flexibility index (Phi) is 6.19. The minimum Gasteiger partial charge on any atom is -0.383 e. The number of amides is 2.